The van der Waals surface area contributed by atoms with E-state index in [1.807, 2.05) is 43.6 Å². The number of likely N-dealkylation sites (tertiary alicyclic amines) is 1. The summed E-state index contributed by atoms with van der Waals surface area (Å²) in [4.78, 5) is 24.1. The number of ether oxygens (including phenoxy) is 1. The van der Waals surface area contributed by atoms with Gasteiger partial charge in [-0.25, -0.2) is 9.97 Å². The molecule has 1 aliphatic rings. The third-order valence-electron chi connectivity index (χ3n) is 6.42. The van der Waals surface area contributed by atoms with E-state index in [4.69, 9.17) is 4.74 Å². The standard InChI is InChI=1S/C27H32N4O2/c1-3-33-24-11-9-21(10-12-24)18-31-14-6-13-27(19-31,26(32)28-2)15-22-7-4-5-8-25(22)23-16-29-20-30-17-23/h4-5,7-12,16-17,20H,3,6,13-15,18-19H2,1-2H3,(H,28,32)/t27-/m1/s1. The Balaban J connectivity index is 1.57. The van der Waals surface area contributed by atoms with Crippen LogP contribution < -0.4 is 10.1 Å². The molecule has 1 fully saturated rings. The van der Waals surface area contributed by atoms with Crippen molar-refractivity contribution in [1.82, 2.24) is 20.2 Å². The van der Waals surface area contributed by atoms with E-state index < -0.39 is 5.41 Å². The van der Waals surface area contributed by atoms with E-state index in [1.54, 1.807) is 7.05 Å². The number of carbonyl (C=O) groups excluding carboxylic acids is 1. The zero-order valence-corrected chi connectivity index (χ0v) is 19.5. The topological polar surface area (TPSA) is 67.3 Å². The van der Waals surface area contributed by atoms with Gasteiger partial charge in [0.05, 0.1) is 12.0 Å². The van der Waals surface area contributed by atoms with Gasteiger partial charge in [-0.15, -0.1) is 0 Å². The van der Waals surface area contributed by atoms with Gasteiger partial charge in [-0.1, -0.05) is 36.4 Å². The molecule has 3 aromatic rings. The number of nitrogens with one attached hydrogen (secondary N) is 1. The maximum atomic E-state index is 13.3. The van der Waals surface area contributed by atoms with Crippen molar-refractivity contribution < 1.29 is 9.53 Å². The van der Waals surface area contributed by atoms with E-state index in [9.17, 15) is 4.79 Å². The summed E-state index contributed by atoms with van der Waals surface area (Å²) in [6, 6.07) is 16.6. The second-order valence-electron chi connectivity index (χ2n) is 8.71. The zero-order chi connectivity index (χ0) is 23.1. The lowest BCUT2D eigenvalue weighted by atomic mass is 9.73. The summed E-state index contributed by atoms with van der Waals surface area (Å²) in [5, 5.41) is 2.95. The minimum Gasteiger partial charge on any atom is -0.494 e. The Bertz CT molecular complexity index is 1060. The Labute approximate surface area is 196 Å². The normalized spacial score (nSPS) is 18.6. The number of carbonyl (C=O) groups is 1. The highest BCUT2D eigenvalue weighted by Crippen LogP contribution is 2.37. The van der Waals surface area contributed by atoms with Crippen molar-refractivity contribution in [1.29, 1.82) is 0 Å². The van der Waals surface area contributed by atoms with E-state index in [2.05, 4.69) is 44.5 Å². The SMILES string of the molecule is CCOc1ccc(CN2CCC[C@](Cc3ccccc3-c3cncnc3)(C(=O)NC)C2)cc1. The van der Waals surface area contributed by atoms with Crippen LogP contribution in [-0.2, 0) is 17.8 Å². The molecular formula is C27H32N4O2. The lowest BCUT2D eigenvalue weighted by Crippen LogP contribution is -2.52. The highest BCUT2D eigenvalue weighted by molar-refractivity contribution is 5.83. The largest absolute Gasteiger partial charge is 0.494 e. The van der Waals surface area contributed by atoms with Crippen molar-refractivity contribution in [3.05, 3.63) is 78.4 Å². The van der Waals surface area contributed by atoms with Crippen LogP contribution in [0.1, 0.15) is 30.9 Å². The summed E-state index contributed by atoms with van der Waals surface area (Å²) in [5.41, 5.74) is 3.96. The number of aromatic nitrogens is 2. The van der Waals surface area contributed by atoms with Crippen molar-refractivity contribution in [3.8, 4) is 16.9 Å². The Hall–Kier alpha value is -3.25. The molecule has 1 aromatic heterocycles. The van der Waals surface area contributed by atoms with Gasteiger partial charge in [0.2, 0.25) is 5.91 Å². The highest BCUT2D eigenvalue weighted by Gasteiger charge is 2.42. The monoisotopic (exact) mass is 444 g/mol. The second kappa shape index (κ2) is 10.6. The molecule has 0 saturated carbocycles. The Morgan fingerprint density at radius 1 is 1.12 bits per heavy atom. The number of amides is 1. The van der Waals surface area contributed by atoms with Gasteiger partial charge in [-0.2, -0.15) is 0 Å². The molecule has 1 saturated heterocycles. The number of hydrogen-bond donors (Lipinski definition) is 1. The first-order valence-corrected chi connectivity index (χ1v) is 11.6. The van der Waals surface area contributed by atoms with Gasteiger partial charge in [0, 0.05) is 38.1 Å². The van der Waals surface area contributed by atoms with Crippen LogP contribution in [0.2, 0.25) is 0 Å². The van der Waals surface area contributed by atoms with Gasteiger partial charge in [-0.3, -0.25) is 9.69 Å². The molecule has 0 radical (unpaired) electrons. The fraction of sp³-hybridized carbons (Fsp3) is 0.370. The highest BCUT2D eigenvalue weighted by atomic mass is 16.5. The molecule has 0 aliphatic carbocycles. The van der Waals surface area contributed by atoms with Crippen molar-refractivity contribution in [2.75, 3.05) is 26.7 Å². The van der Waals surface area contributed by atoms with Crippen molar-refractivity contribution in [2.45, 2.75) is 32.7 Å². The fourth-order valence-electron chi connectivity index (χ4n) is 4.91. The molecular weight excluding hydrogens is 412 g/mol. The van der Waals surface area contributed by atoms with Crippen LogP contribution in [0.4, 0.5) is 0 Å². The van der Waals surface area contributed by atoms with E-state index in [0.717, 1.165) is 54.9 Å². The molecule has 1 N–H and O–H groups in total. The number of rotatable bonds is 8. The first-order chi connectivity index (χ1) is 16.1. The van der Waals surface area contributed by atoms with Crippen molar-refractivity contribution in [3.63, 3.8) is 0 Å². The van der Waals surface area contributed by atoms with Gasteiger partial charge in [0.25, 0.3) is 0 Å². The van der Waals surface area contributed by atoms with Crippen LogP contribution in [0.25, 0.3) is 11.1 Å². The predicted molar refractivity (Wildman–Crippen MR) is 130 cm³/mol. The smallest absolute Gasteiger partial charge is 0.227 e. The molecule has 6 nitrogen and oxygen atoms in total. The molecule has 1 atom stereocenters. The molecule has 172 valence electrons. The lowest BCUT2D eigenvalue weighted by molar-refractivity contribution is -0.134. The van der Waals surface area contributed by atoms with Crippen LogP contribution in [0.15, 0.2) is 67.3 Å². The van der Waals surface area contributed by atoms with Gasteiger partial charge in [-0.05, 0) is 61.6 Å². The minimum absolute atomic E-state index is 0.109. The van der Waals surface area contributed by atoms with Gasteiger partial charge < -0.3 is 10.1 Å². The zero-order valence-electron chi connectivity index (χ0n) is 19.5. The molecule has 0 unspecified atom stereocenters. The molecule has 2 heterocycles. The van der Waals surface area contributed by atoms with E-state index in [1.165, 1.54) is 11.9 Å². The summed E-state index contributed by atoms with van der Waals surface area (Å²) in [5.74, 6) is 0.999. The number of piperidine rings is 1. The number of nitrogens with zero attached hydrogens (tertiary/aromatic N) is 3. The van der Waals surface area contributed by atoms with Crippen LogP contribution in [0.3, 0.4) is 0 Å². The quantitative estimate of drug-likeness (QED) is 0.566. The minimum atomic E-state index is -0.482. The predicted octanol–water partition coefficient (Wildman–Crippen LogP) is 4.11. The average Bonchev–Trinajstić information content (AvgIpc) is 2.86. The van der Waals surface area contributed by atoms with E-state index >= 15 is 0 Å². The summed E-state index contributed by atoms with van der Waals surface area (Å²) < 4.78 is 5.57. The summed E-state index contributed by atoms with van der Waals surface area (Å²) >= 11 is 0. The Kier molecular flexibility index (Phi) is 7.35. The van der Waals surface area contributed by atoms with E-state index in [0.29, 0.717) is 13.0 Å². The second-order valence-corrected chi connectivity index (χ2v) is 8.71. The van der Waals surface area contributed by atoms with Crippen molar-refractivity contribution >= 4 is 5.91 Å². The summed E-state index contributed by atoms with van der Waals surface area (Å²) in [6.07, 6.45) is 7.73. The fourth-order valence-corrected chi connectivity index (χ4v) is 4.91. The molecule has 0 spiro atoms. The Morgan fingerprint density at radius 2 is 1.88 bits per heavy atom. The third kappa shape index (κ3) is 5.40. The first-order valence-electron chi connectivity index (χ1n) is 11.6. The van der Waals surface area contributed by atoms with Crippen LogP contribution in [-0.4, -0.2) is 47.5 Å². The maximum Gasteiger partial charge on any atom is 0.227 e. The van der Waals surface area contributed by atoms with Crippen LogP contribution in [0, 0.1) is 5.41 Å². The molecule has 1 aliphatic heterocycles. The summed E-state index contributed by atoms with van der Waals surface area (Å²) in [6.45, 7) is 5.18. The molecule has 1 amide bonds. The van der Waals surface area contributed by atoms with Gasteiger partial charge >= 0.3 is 0 Å². The maximum absolute atomic E-state index is 13.3. The lowest BCUT2D eigenvalue weighted by Gasteiger charge is -2.42. The molecule has 4 rings (SSSR count). The summed E-state index contributed by atoms with van der Waals surface area (Å²) in [7, 11) is 1.74. The van der Waals surface area contributed by atoms with Crippen LogP contribution in [0.5, 0.6) is 5.75 Å². The molecule has 2 aromatic carbocycles. The third-order valence-corrected chi connectivity index (χ3v) is 6.42. The van der Waals surface area contributed by atoms with Gasteiger partial charge in [0.1, 0.15) is 12.1 Å². The molecule has 6 heteroatoms. The van der Waals surface area contributed by atoms with Crippen LogP contribution >= 0.6 is 0 Å². The molecule has 33 heavy (non-hydrogen) atoms. The number of hydrogen-bond acceptors (Lipinski definition) is 5. The molecule has 0 bridgehead atoms. The number of benzene rings is 2. The van der Waals surface area contributed by atoms with E-state index in [-0.39, 0.29) is 5.91 Å². The van der Waals surface area contributed by atoms with Gasteiger partial charge in [0.15, 0.2) is 0 Å². The average molecular weight is 445 g/mol. The Morgan fingerprint density at radius 3 is 2.61 bits per heavy atom. The van der Waals surface area contributed by atoms with Crippen molar-refractivity contribution in [2.24, 2.45) is 5.41 Å². The first kappa shape index (κ1) is 22.9.